The summed E-state index contributed by atoms with van der Waals surface area (Å²) in [5.74, 6) is 0.338. The lowest BCUT2D eigenvalue weighted by Gasteiger charge is -2.18. The van der Waals surface area contributed by atoms with E-state index in [1.165, 1.54) is 6.07 Å². The molecule has 1 unspecified atom stereocenters. The van der Waals surface area contributed by atoms with Crippen molar-refractivity contribution in [1.29, 1.82) is 0 Å². The number of halogens is 2. The molecule has 0 bridgehead atoms. The molecule has 0 heterocycles. The maximum atomic E-state index is 14.1. The van der Waals surface area contributed by atoms with Gasteiger partial charge < -0.3 is 20.6 Å². The maximum Gasteiger partial charge on any atom is 0.191 e. The van der Waals surface area contributed by atoms with E-state index in [0.29, 0.717) is 24.7 Å². The maximum absolute atomic E-state index is 14.1. The second-order valence-corrected chi connectivity index (χ2v) is 6.28. The molecule has 0 amide bonds. The van der Waals surface area contributed by atoms with Crippen molar-refractivity contribution in [1.82, 2.24) is 10.6 Å². The molecule has 0 saturated carbocycles. The molecular weight excluding hydrogens is 458 g/mol. The molecule has 5 nitrogen and oxygen atoms in total. The van der Waals surface area contributed by atoms with Crippen LogP contribution in [0.5, 0.6) is 0 Å². The summed E-state index contributed by atoms with van der Waals surface area (Å²) in [6.45, 7) is 1.05. The van der Waals surface area contributed by atoms with Crippen LogP contribution in [0, 0.1) is 5.82 Å². The Bertz CT molecular complexity index is 725. The molecule has 0 fully saturated rings. The number of hydrogen-bond acceptors (Lipinski definition) is 3. The summed E-state index contributed by atoms with van der Waals surface area (Å²) in [6, 6.07) is 15.0. The van der Waals surface area contributed by atoms with E-state index >= 15 is 0 Å². The number of hydrogen-bond donors (Lipinski definition) is 3. The number of rotatable bonds is 7. The van der Waals surface area contributed by atoms with Gasteiger partial charge in [0.15, 0.2) is 5.96 Å². The van der Waals surface area contributed by atoms with Crippen LogP contribution in [0.15, 0.2) is 53.5 Å². The summed E-state index contributed by atoms with van der Waals surface area (Å²) in [5, 5.41) is 16.0. The van der Waals surface area contributed by atoms with Gasteiger partial charge in [-0.25, -0.2) is 4.39 Å². The molecular formula is C20H28FIN4O. The first-order valence-electron chi connectivity index (χ1n) is 8.61. The van der Waals surface area contributed by atoms with Crippen molar-refractivity contribution < 1.29 is 9.50 Å². The van der Waals surface area contributed by atoms with Crippen molar-refractivity contribution >= 4 is 35.6 Å². The van der Waals surface area contributed by atoms with Crippen molar-refractivity contribution in [3.05, 3.63) is 65.5 Å². The van der Waals surface area contributed by atoms with Crippen LogP contribution in [0.1, 0.15) is 17.0 Å². The first-order chi connectivity index (χ1) is 12.5. The van der Waals surface area contributed by atoms with Gasteiger partial charge in [-0.3, -0.25) is 4.99 Å². The first-order valence-corrected chi connectivity index (χ1v) is 8.61. The van der Waals surface area contributed by atoms with Crippen LogP contribution >= 0.6 is 24.0 Å². The minimum atomic E-state index is -0.248. The second-order valence-electron chi connectivity index (χ2n) is 6.28. The van der Waals surface area contributed by atoms with Crippen LogP contribution in [0.2, 0.25) is 0 Å². The lowest BCUT2D eigenvalue weighted by atomic mass is 10.0. The third-order valence-corrected chi connectivity index (χ3v) is 4.18. The highest BCUT2D eigenvalue weighted by Crippen LogP contribution is 2.18. The number of guanidine groups is 1. The van der Waals surface area contributed by atoms with Crippen molar-refractivity contribution in [3.63, 3.8) is 0 Å². The normalized spacial score (nSPS) is 12.1. The van der Waals surface area contributed by atoms with Gasteiger partial charge in [-0.05, 0) is 23.3 Å². The predicted octanol–water partition coefficient (Wildman–Crippen LogP) is 2.95. The minimum Gasteiger partial charge on any atom is -0.396 e. The van der Waals surface area contributed by atoms with E-state index in [2.05, 4.69) is 15.6 Å². The van der Waals surface area contributed by atoms with Crippen LogP contribution in [-0.4, -0.2) is 45.4 Å². The van der Waals surface area contributed by atoms with Gasteiger partial charge in [-0.2, -0.15) is 0 Å². The molecule has 2 aromatic carbocycles. The molecule has 0 aliphatic carbocycles. The smallest absolute Gasteiger partial charge is 0.191 e. The van der Waals surface area contributed by atoms with E-state index in [-0.39, 0.29) is 42.3 Å². The van der Waals surface area contributed by atoms with Crippen LogP contribution < -0.4 is 15.5 Å². The highest BCUT2D eigenvalue weighted by molar-refractivity contribution is 14.0. The molecule has 2 rings (SSSR count). The molecule has 7 heteroatoms. The van der Waals surface area contributed by atoms with Crippen molar-refractivity contribution in [3.8, 4) is 0 Å². The number of aliphatic imine (C=N–C) groups is 1. The number of benzene rings is 2. The minimum absolute atomic E-state index is 0. The molecule has 27 heavy (non-hydrogen) atoms. The third kappa shape index (κ3) is 6.99. The van der Waals surface area contributed by atoms with E-state index in [9.17, 15) is 9.50 Å². The predicted molar refractivity (Wildman–Crippen MR) is 121 cm³/mol. The Morgan fingerprint density at radius 3 is 2.41 bits per heavy atom. The Morgan fingerprint density at radius 1 is 1.15 bits per heavy atom. The van der Waals surface area contributed by atoms with Crippen LogP contribution in [-0.2, 0) is 6.54 Å². The average molecular weight is 486 g/mol. The molecule has 0 aromatic heterocycles. The zero-order valence-corrected chi connectivity index (χ0v) is 18.3. The van der Waals surface area contributed by atoms with E-state index in [1.807, 2.05) is 50.5 Å². The lowest BCUT2D eigenvalue weighted by Crippen LogP contribution is -2.39. The van der Waals surface area contributed by atoms with Gasteiger partial charge in [-0.1, -0.05) is 36.4 Å². The summed E-state index contributed by atoms with van der Waals surface area (Å²) in [5.41, 5.74) is 2.46. The summed E-state index contributed by atoms with van der Waals surface area (Å²) in [7, 11) is 5.31. The summed E-state index contributed by atoms with van der Waals surface area (Å²) in [4.78, 5) is 5.92. The zero-order chi connectivity index (χ0) is 18.9. The number of aliphatic hydroxyl groups is 1. The van der Waals surface area contributed by atoms with Crippen molar-refractivity contribution in [2.45, 2.75) is 12.5 Å². The molecule has 3 N–H and O–H groups in total. The molecule has 0 spiro atoms. The monoisotopic (exact) mass is 486 g/mol. The Morgan fingerprint density at radius 2 is 1.85 bits per heavy atom. The molecule has 0 aliphatic heterocycles. The van der Waals surface area contributed by atoms with Crippen molar-refractivity contribution in [2.24, 2.45) is 4.99 Å². The van der Waals surface area contributed by atoms with Gasteiger partial charge in [0.2, 0.25) is 0 Å². The number of nitrogens with zero attached hydrogens (tertiary/aromatic N) is 2. The first kappa shape index (κ1) is 23.2. The SMILES string of the molecule is CN=C(NCc1ccc(N(C)C)c(F)c1)NCC(CO)c1ccccc1.I. The highest BCUT2D eigenvalue weighted by Gasteiger charge is 2.11. The Kier molecular flexibility index (Phi) is 10.1. The Hall–Kier alpha value is -1.87. The number of anilines is 1. The van der Waals surface area contributed by atoms with Gasteiger partial charge >= 0.3 is 0 Å². The van der Waals surface area contributed by atoms with Crippen LogP contribution in [0.25, 0.3) is 0 Å². The van der Waals surface area contributed by atoms with Gasteiger partial charge in [0.05, 0.1) is 12.3 Å². The van der Waals surface area contributed by atoms with Gasteiger partial charge in [0, 0.05) is 40.2 Å². The van der Waals surface area contributed by atoms with E-state index < -0.39 is 0 Å². The third-order valence-electron chi connectivity index (χ3n) is 4.18. The Balaban J connectivity index is 0.00000364. The molecule has 0 saturated heterocycles. The fourth-order valence-electron chi connectivity index (χ4n) is 2.66. The largest absolute Gasteiger partial charge is 0.396 e. The van der Waals surface area contributed by atoms with E-state index in [4.69, 9.17) is 0 Å². The molecule has 1 atom stereocenters. The summed E-state index contributed by atoms with van der Waals surface area (Å²) in [6.07, 6.45) is 0. The lowest BCUT2D eigenvalue weighted by molar-refractivity contribution is 0.265. The van der Waals surface area contributed by atoms with Gasteiger partial charge in [-0.15, -0.1) is 24.0 Å². The number of nitrogens with one attached hydrogen (secondary N) is 2. The number of aliphatic hydroxyl groups excluding tert-OH is 1. The zero-order valence-electron chi connectivity index (χ0n) is 15.9. The van der Waals surface area contributed by atoms with E-state index in [1.54, 1.807) is 18.0 Å². The Labute approximate surface area is 177 Å². The molecule has 0 aliphatic rings. The van der Waals surface area contributed by atoms with Gasteiger partial charge in [0.25, 0.3) is 0 Å². The quantitative estimate of drug-likeness (QED) is 0.320. The fourth-order valence-corrected chi connectivity index (χ4v) is 2.66. The second kappa shape index (κ2) is 11.8. The topological polar surface area (TPSA) is 59.9 Å². The van der Waals surface area contributed by atoms with Crippen molar-refractivity contribution in [2.75, 3.05) is 39.2 Å². The average Bonchev–Trinajstić information content (AvgIpc) is 2.65. The van der Waals surface area contributed by atoms with Crippen LogP contribution in [0.3, 0.4) is 0 Å². The van der Waals surface area contributed by atoms with Gasteiger partial charge in [0.1, 0.15) is 5.82 Å². The van der Waals surface area contributed by atoms with Crippen LogP contribution in [0.4, 0.5) is 10.1 Å². The molecule has 2 aromatic rings. The summed E-state index contributed by atoms with van der Waals surface area (Å²) >= 11 is 0. The summed E-state index contributed by atoms with van der Waals surface area (Å²) < 4.78 is 14.1. The molecule has 0 radical (unpaired) electrons. The highest BCUT2D eigenvalue weighted by atomic mass is 127. The fraction of sp³-hybridized carbons (Fsp3) is 0.350. The van der Waals surface area contributed by atoms with E-state index in [0.717, 1.165) is 11.1 Å². The standard InChI is InChI=1S/C20H27FN4O.HI/c1-22-20(24-13-17(14-26)16-7-5-4-6-8-16)23-12-15-9-10-19(25(2)3)18(21)11-15;/h4-11,17,26H,12-14H2,1-3H3,(H2,22,23,24);1H. The molecule has 148 valence electrons.